The molecule has 0 radical (unpaired) electrons. The number of para-hydroxylation sites is 1. The lowest BCUT2D eigenvalue weighted by Crippen LogP contribution is -2.41. The summed E-state index contributed by atoms with van der Waals surface area (Å²) in [5, 5.41) is 2.89. The molecule has 1 fully saturated rings. The normalized spacial score (nSPS) is 19.9. The summed E-state index contributed by atoms with van der Waals surface area (Å²) in [6.07, 6.45) is 0.442. The van der Waals surface area contributed by atoms with Crippen LogP contribution in [0.4, 0.5) is 5.69 Å². The van der Waals surface area contributed by atoms with E-state index in [0.717, 1.165) is 11.2 Å². The molecule has 1 aromatic rings. The number of carbonyl (C=O) groups is 1. The first-order valence-electron chi connectivity index (χ1n) is 7.01. The highest BCUT2D eigenvalue weighted by Crippen LogP contribution is 2.36. The van der Waals surface area contributed by atoms with E-state index < -0.39 is 7.12 Å². The van der Waals surface area contributed by atoms with Gasteiger partial charge >= 0.3 is 7.12 Å². The van der Waals surface area contributed by atoms with Crippen LogP contribution < -0.4 is 10.8 Å². The van der Waals surface area contributed by atoms with Crippen LogP contribution in [-0.4, -0.2) is 24.2 Å². The standard InChI is InChI=1S/C15H22BNO3/c1-6-13(18)17-12-10-8-7-9-11(12)16-19-14(2,3)15(4,5)20-16/h7-10H,6H2,1-5H3,(H,17,18). The molecule has 1 N–H and O–H groups in total. The second kappa shape index (κ2) is 5.22. The molecule has 1 aliphatic heterocycles. The fourth-order valence-electron chi connectivity index (χ4n) is 2.02. The zero-order chi connectivity index (χ0) is 15.0. The van der Waals surface area contributed by atoms with Crippen LogP contribution in [0.2, 0.25) is 0 Å². The molecule has 108 valence electrons. The van der Waals surface area contributed by atoms with Crippen molar-refractivity contribution in [3.05, 3.63) is 24.3 Å². The predicted octanol–water partition coefficient (Wildman–Crippen LogP) is 2.33. The predicted molar refractivity (Wildman–Crippen MR) is 81.1 cm³/mol. The summed E-state index contributed by atoms with van der Waals surface area (Å²) in [7, 11) is -0.464. The van der Waals surface area contributed by atoms with E-state index in [-0.39, 0.29) is 17.1 Å². The van der Waals surface area contributed by atoms with Crippen LogP contribution >= 0.6 is 0 Å². The van der Waals surface area contributed by atoms with E-state index in [9.17, 15) is 4.79 Å². The van der Waals surface area contributed by atoms with Crippen molar-refractivity contribution in [2.24, 2.45) is 0 Å². The molecule has 0 bridgehead atoms. The van der Waals surface area contributed by atoms with Crippen molar-refractivity contribution < 1.29 is 14.1 Å². The summed E-state index contributed by atoms with van der Waals surface area (Å²) in [4.78, 5) is 11.6. The number of nitrogens with one attached hydrogen (secondary N) is 1. The van der Waals surface area contributed by atoms with Crippen molar-refractivity contribution >= 4 is 24.2 Å². The van der Waals surface area contributed by atoms with Gasteiger partial charge in [0.15, 0.2) is 0 Å². The maximum Gasteiger partial charge on any atom is 0.496 e. The first-order chi connectivity index (χ1) is 9.27. The van der Waals surface area contributed by atoms with E-state index >= 15 is 0 Å². The minimum Gasteiger partial charge on any atom is -0.399 e. The molecule has 0 aromatic heterocycles. The number of amides is 1. The van der Waals surface area contributed by atoms with Crippen molar-refractivity contribution in [3.8, 4) is 0 Å². The van der Waals surface area contributed by atoms with Gasteiger partial charge < -0.3 is 14.6 Å². The van der Waals surface area contributed by atoms with Crippen LogP contribution in [0.15, 0.2) is 24.3 Å². The lowest BCUT2D eigenvalue weighted by atomic mass is 9.78. The molecule has 0 spiro atoms. The molecule has 0 atom stereocenters. The summed E-state index contributed by atoms with van der Waals surface area (Å²) in [6, 6.07) is 7.60. The number of anilines is 1. The molecule has 1 heterocycles. The van der Waals surface area contributed by atoms with Crippen LogP contribution in [0.5, 0.6) is 0 Å². The van der Waals surface area contributed by atoms with E-state index in [0.29, 0.717) is 6.42 Å². The second-order valence-electron chi connectivity index (χ2n) is 6.08. The van der Waals surface area contributed by atoms with Crippen molar-refractivity contribution in [3.63, 3.8) is 0 Å². The quantitative estimate of drug-likeness (QED) is 0.861. The maximum absolute atomic E-state index is 11.6. The van der Waals surface area contributed by atoms with Crippen LogP contribution in [0.3, 0.4) is 0 Å². The molecule has 1 saturated heterocycles. The Kier molecular flexibility index (Phi) is 3.94. The van der Waals surface area contributed by atoms with Gasteiger partial charge in [0.05, 0.1) is 11.2 Å². The highest BCUT2D eigenvalue weighted by atomic mass is 16.7. The van der Waals surface area contributed by atoms with Crippen LogP contribution in [0.25, 0.3) is 0 Å². The summed E-state index contributed by atoms with van der Waals surface area (Å²) in [6.45, 7) is 9.88. The molecular formula is C15H22BNO3. The van der Waals surface area contributed by atoms with E-state index in [4.69, 9.17) is 9.31 Å². The Bertz CT molecular complexity index is 498. The summed E-state index contributed by atoms with van der Waals surface area (Å²) in [5.74, 6) is -0.0195. The molecule has 1 amide bonds. The summed E-state index contributed by atoms with van der Waals surface area (Å²) >= 11 is 0. The molecule has 2 rings (SSSR count). The fraction of sp³-hybridized carbons (Fsp3) is 0.533. The van der Waals surface area contributed by atoms with E-state index in [2.05, 4.69) is 5.32 Å². The first-order valence-corrected chi connectivity index (χ1v) is 7.01. The van der Waals surface area contributed by atoms with Crippen molar-refractivity contribution in [1.82, 2.24) is 0 Å². The smallest absolute Gasteiger partial charge is 0.399 e. The van der Waals surface area contributed by atoms with Gasteiger partial charge in [-0.1, -0.05) is 25.1 Å². The molecular weight excluding hydrogens is 253 g/mol. The number of hydrogen-bond acceptors (Lipinski definition) is 3. The average molecular weight is 275 g/mol. The van der Waals surface area contributed by atoms with Gasteiger partial charge in [-0.2, -0.15) is 0 Å². The first kappa shape index (κ1) is 15.1. The Balaban J connectivity index is 2.28. The van der Waals surface area contributed by atoms with Crippen LogP contribution in [0, 0.1) is 0 Å². The van der Waals surface area contributed by atoms with E-state index in [1.54, 1.807) is 0 Å². The second-order valence-corrected chi connectivity index (χ2v) is 6.08. The van der Waals surface area contributed by atoms with Crippen molar-refractivity contribution in [2.45, 2.75) is 52.2 Å². The summed E-state index contributed by atoms with van der Waals surface area (Å²) < 4.78 is 12.1. The van der Waals surface area contributed by atoms with Crippen LogP contribution in [0.1, 0.15) is 41.0 Å². The Morgan fingerprint density at radius 1 is 1.15 bits per heavy atom. The molecule has 20 heavy (non-hydrogen) atoms. The molecule has 1 aliphatic rings. The van der Waals surface area contributed by atoms with Gasteiger partial charge in [0.2, 0.25) is 5.91 Å². The number of benzene rings is 1. The van der Waals surface area contributed by atoms with Gasteiger partial charge in [-0.05, 0) is 33.8 Å². The molecule has 0 saturated carbocycles. The largest absolute Gasteiger partial charge is 0.496 e. The molecule has 1 aromatic carbocycles. The lowest BCUT2D eigenvalue weighted by Gasteiger charge is -2.32. The molecule has 5 heteroatoms. The SMILES string of the molecule is CCC(=O)Nc1ccccc1B1OC(C)(C)C(C)(C)O1. The number of hydrogen-bond donors (Lipinski definition) is 1. The minimum absolute atomic E-state index is 0.0195. The van der Waals surface area contributed by atoms with Crippen LogP contribution in [-0.2, 0) is 14.1 Å². The van der Waals surface area contributed by atoms with Gasteiger partial charge in [-0.3, -0.25) is 4.79 Å². The molecule has 0 unspecified atom stereocenters. The highest BCUT2D eigenvalue weighted by molar-refractivity contribution is 6.64. The molecule has 0 aliphatic carbocycles. The fourth-order valence-corrected chi connectivity index (χ4v) is 2.02. The summed E-state index contributed by atoms with van der Waals surface area (Å²) in [5.41, 5.74) is 0.824. The third-order valence-electron chi connectivity index (χ3n) is 4.06. The van der Waals surface area contributed by atoms with Gasteiger partial charge in [-0.15, -0.1) is 0 Å². The molecule has 4 nitrogen and oxygen atoms in total. The Morgan fingerprint density at radius 2 is 1.70 bits per heavy atom. The Hall–Kier alpha value is -1.33. The van der Waals surface area contributed by atoms with Gasteiger partial charge in [0.1, 0.15) is 0 Å². The third-order valence-corrected chi connectivity index (χ3v) is 4.06. The monoisotopic (exact) mass is 275 g/mol. The van der Waals surface area contributed by atoms with Gasteiger partial charge in [0.25, 0.3) is 0 Å². The van der Waals surface area contributed by atoms with Gasteiger partial charge in [0, 0.05) is 17.6 Å². The zero-order valence-corrected chi connectivity index (χ0v) is 12.8. The average Bonchev–Trinajstić information content (AvgIpc) is 2.59. The van der Waals surface area contributed by atoms with E-state index in [1.165, 1.54) is 0 Å². The number of carbonyl (C=O) groups excluding carboxylic acids is 1. The topological polar surface area (TPSA) is 47.6 Å². The van der Waals surface area contributed by atoms with Crippen molar-refractivity contribution in [1.29, 1.82) is 0 Å². The minimum atomic E-state index is -0.464. The third kappa shape index (κ3) is 2.74. The zero-order valence-electron chi connectivity index (χ0n) is 12.8. The lowest BCUT2D eigenvalue weighted by molar-refractivity contribution is -0.115. The number of rotatable bonds is 3. The van der Waals surface area contributed by atoms with Gasteiger partial charge in [-0.25, -0.2) is 0 Å². The Morgan fingerprint density at radius 3 is 2.25 bits per heavy atom. The maximum atomic E-state index is 11.6. The van der Waals surface area contributed by atoms with Crippen molar-refractivity contribution in [2.75, 3.05) is 5.32 Å². The highest BCUT2D eigenvalue weighted by Gasteiger charge is 2.52. The van der Waals surface area contributed by atoms with E-state index in [1.807, 2.05) is 58.9 Å². The Labute approximate surface area is 121 Å².